The van der Waals surface area contributed by atoms with E-state index in [0.717, 1.165) is 16.9 Å². The first-order valence-corrected chi connectivity index (χ1v) is 8.65. The summed E-state index contributed by atoms with van der Waals surface area (Å²) >= 11 is 0. The highest BCUT2D eigenvalue weighted by molar-refractivity contribution is 7.84. The maximum Gasteiger partial charge on any atom is 0.335 e. The lowest BCUT2D eigenvalue weighted by Crippen LogP contribution is -2.31. The molecule has 0 unspecified atom stereocenters. The highest BCUT2D eigenvalue weighted by atomic mass is 32.2. The summed E-state index contributed by atoms with van der Waals surface area (Å²) in [5.41, 5.74) is 0.735. The first-order valence-electron chi connectivity index (χ1n) is 7.24. The molecular weight excluding hydrogens is 322 g/mol. The Hall–Kier alpha value is -1.75. The second-order valence-corrected chi connectivity index (χ2v) is 6.93. The molecule has 1 aliphatic carbocycles. The molecular formula is C13H19N5O4S. The van der Waals surface area contributed by atoms with Crippen LogP contribution in [0.5, 0.6) is 0 Å². The van der Waals surface area contributed by atoms with Gasteiger partial charge in [0.05, 0.1) is 11.5 Å². The van der Waals surface area contributed by atoms with E-state index in [-0.39, 0.29) is 6.04 Å². The molecule has 0 saturated heterocycles. The van der Waals surface area contributed by atoms with Crippen LogP contribution in [-0.2, 0) is 14.5 Å². The number of hydrogen-bond acceptors (Lipinski definition) is 7. The Kier molecular flexibility index (Phi) is 4.23. The fourth-order valence-corrected chi connectivity index (χ4v) is 3.59. The summed E-state index contributed by atoms with van der Waals surface area (Å²) in [4.78, 5) is 8.45. The van der Waals surface area contributed by atoms with Crippen LogP contribution in [0.1, 0.15) is 18.9 Å². The number of nitrogens with zero attached hydrogens (tertiary/aromatic N) is 3. The predicted octanol–water partition coefficient (Wildman–Crippen LogP) is 0.0182. The molecule has 1 fully saturated rings. The van der Waals surface area contributed by atoms with Crippen LogP contribution in [0.25, 0.3) is 11.0 Å². The van der Waals surface area contributed by atoms with E-state index in [0.29, 0.717) is 12.8 Å². The molecule has 0 radical (unpaired) electrons. The molecule has 2 aromatic rings. The third-order valence-electron chi connectivity index (χ3n) is 4.09. The van der Waals surface area contributed by atoms with Gasteiger partial charge in [0.25, 0.3) is 0 Å². The molecule has 2 aromatic heterocycles. The molecule has 3 N–H and O–H groups in total. The normalized spacial score (nSPS) is 25.1. The number of hydrogen-bond donors (Lipinski definition) is 3. The average Bonchev–Trinajstić information content (AvgIpc) is 3.10. The van der Waals surface area contributed by atoms with Gasteiger partial charge in [0.15, 0.2) is 0 Å². The zero-order chi connectivity index (χ0) is 16.6. The van der Waals surface area contributed by atoms with Crippen molar-refractivity contribution in [3.63, 3.8) is 0 Å². The number of aliphatic hydroxyl groups is 1. The summed E-state index contributed by atoms with van der Waals surface area (Å²) in [6.07, 6.45) is 2.48. The quantitative estimate of drug-likeness (QED) is 0.701. The lowest BCUT2D eigenvalue weighted by Gasteiger charge is -2.14. The minimum Gasteiger partial charge on any atom is -0.390 e. The van der Waals surface area contributed by atoms with Crippen LogP contribution in [-0.4, -0.2) is 54.4 Å². The van der Waals surface area contributed by atoms with Crippen molar-refractivity contribution in [1.82, 2.24) is 19.3 Å². The van der Waals surface area contributed by atoms with Gasteiger partial charge in [-0.05, 0) is 18.9 Å². The molecule has 126 valence electrons. The van der Waals surface area contributed by atoms with Gasteiger partial charge >= 0.3 is 10.3 Å². The van der Waals surface area contributed by atoms with E-state index in [9.17, 15) is 13.5 Å². The van der Waals surface area contributed by atoms with E-state index in [1.807, 2.05) is 16.8 Å². The lowest BCUT2D eigenvalue weighted by molar-refractivity contribution is 0.0635. The van der Waals surface area contributed by atoms with Crippen LogP contribution in [0.4, 0.5) is 5.82 Å². The zero-order valence-electron chi connectivity index (χ0n) is 12.8. The molecule has 3 atom stereocenters. The van der Waals surface area contributed by atoms with E-state index < -0.39 is 22.5 Å². The number of fused-ring (bicyclic) bond motifs is 1. The average molecular weight is 341 g/mol. The van der Waals surface area contributed by atoms with Crippen LogP contribution < -0.4 is 10.0 Å². The number of anilines is 1. The van der Waals surface area contributed by atoms with Gasteiger partial charge in [0, 0.05) is 26.3 Å². The van der Waals surface area contributed by atoms with E-state index >= 15 is 0 Å². The Morgan fingerprint density at radius 2 is 2.13 bits per heavy atom. The van der Waals surface area contributed by atoms with E-state index in [4.69, 9.17) is 4.18 Å². The Morgan fingerprint density at radius 1 is 1.35 bits per heavy atom. The summed E-state index contributed by atoms with van der Waals surface area (Å²) in [5, 5.41) is 14.0. The molecule has 1 saturated carbocycles. The first-order chi connectivity index (χ1) is 10.9. The van der Waals surface area contributed by atoms with E-state index in [1.165, 1.54) is 13.4 Å². The summed E-state index contributed by atoms with van der Waals surface area (Å²) in [5.74, 6) is 0.720. The standard InChI is InChI=1S/C13H19N5O4S/c1-14-12-9-3-4-18(13(9)17-7-16-12)8-5-10(19)11(6-8)22-23(20,21)15-2/h3-4,7-8,10-11,15,19H,5-6H2,1-2H3,(H,14,16,17)/t8-,10+,11+/m1/s1. The van der Waals surface area contributed by atoms with Crippen molar-refractivity contribution in [2.24, 2.45) is 0 Å². The second-order valence-electron chi connectivity index (χ2n) is 5.42. The molecule has 0 spiro atoms. The molecule has 0 amide bonds. The number of aliphatic hydroxyl groups excluding tert-OH is 1. The molecule has 0 bridgehead atoms. The number of nitrogens with one attached hydrogen (secondary N) is 2. The molecule has 9 nitrogen and oxygen atoms in total. The van der Waals surface area contributed by atoms with Gasteiger partial charge in [-0.15, -0.1) is 0 Å². The molecule has 3 rings (SSSR count). The van der Waals surface area contributed by atoms with Crippen molar-refractivity contribution in [3.8, 4) is 0 Å². The van der Waals surface area contributed by atoms with Crippen LogP contribution in [0.2, 0.25) is 0 Å². The summed E-state index contributed by atoms with van der Waals surface area (Å²) in [6.45, 7) is 0. The molecule has 1 aliphatic rings. The van der Waals surface area contributed by atoms with Crippen molar-refractivity contribution in [2.45, 2.75) is 31.1 Å². The predicted molar refractivity (Wildman–Crippen MR) is 84.2 cm³/mol. The SMILES string of the molecule is CNc1ncnc2c1ccn2[C@H]1C[C@H](OS(=O)(=O)NC)[C@@H](O)C1. The molecule has 0 aliphatic heterocycles. The lowest BCUT2D eigenvalue weighted by atomic mass is 10.2. The Morgan fingerprint density at radius 3 is 2.83 bits per heavy atom. The highest BCUT2D eigenvalue weighted by Crippen LogP contribution is 2.35. The number of rotatable bonds is 5. The molecule has 2 heterocycles. The van der Waals surface area contributed by atoms with E-state index in [1.54, 1.807) is 7.05 Å². The van der Waals surface area contributed by atoms with Crippen molar-refractivity contribution in [1.29, 1.82) is 0 Å². The van der Waals surface area contributed by atoms with Crippen LogP contribution >= 0.6 is 0 Å². The first kappa shape index (κ1) is 16.1. The topological polar surface area (TPSA) is 118 Å². The van der Waals surface area contributed by atoms with Crippen molar-refractivity contribution in [3.05, 3.63) is 18.6 Å². The fraction of sp³-hybridized carbons (Fsp3) is 0.538. The molecule has 23 heavy (non-hydrogen) atoms. The van der Waals surface area contributed by atoms with Gasteiger partial charge < -0.3 is 15.0 Å². The zero-order valence-corrected chi connectivity index (χ0v) is 13.6. The monoisotopic (exact) mass is 341 g/mol. The van der Waals surface area contributed by atoms with E-state index in [2.05, 4.69) is 20.0 Å². The van der Waals surface area contributed by atoms with Gasteiger partial charge in [0.1, 0.15) is 23.9 Å². The Bertz CT molecular complexity index is 806. The third-order valence-corrected chi connectivity index (χ3v) is 5.09. The van der Waals surface area contributed by atoms with Crippen LogP contribution in [0, 0.1) is 0 Å². The largest absolute Gasteiger partial charge is 0.390 e. The van der Waals surface area contributed by atoms with Crippen LogP contribution in [0.15, 0.2) is 18.6 Å². The van der Waals surface area contributed by atoms with Gasteiger partial charge in [0.2, 0.25) is 0 Å². The Balaban J connectivity index is 1.87. The molecule has 0 aromatic carbocycles. The van der Waals surface area contributed by atoms with Gasteiger partial charge in [-0.2, -0.15) is 13.1 Å². The van der Waals surface area contributed by atoms with Crippen molar-refractivity contribution < 1.29 is 17.7 Å². The van der Waals surface area contributed by atoms with Gasteiger partial charge in [-0.25, -0.2) is 9.97 Å². The fourth-order valence-electron chi connectivity index (χ4n) is 2.96. The summed E-state index contributed by atoms with van der Waals surface area (Å²) in [6, 6.07) is 1.80. The maximum absolute atomic E-state index is 11.5. The smallest absolute Gasteiger partial charge is 0.335 e. The van der Waals surface area contributed by atoms with Gasteiger partial charge in [-0.1, -0.05) is 0 Å². The van der Waals surface area contributed by atoms with Crippen molar-refractivity contribution >= 4 is 27.2 Å². The highest BCUT2D eigenvalue weighted by Gasteiger charge is 2.38. The maximum atomic E-state index is 11.5. The summed E-state index contributed by atoms with van der Waals surface area (Å²) in [7, 11) is -0.786. The summed E-state index contributed by atoms with van der Waals surface area (Å²) < 4.78 is 32.0. The van der Waals surface area contributed by atoms with Gasteiger partial charge in [-0.3, -0.25) is 4.18 Å². The minimum absolute atomic E-state index is 0.0980. The second kappa shape index (κ2) is 6.04. The minimum atomic E-state index is -3.84. The van der Waals surface area contributed by atoms with Crippen molar-refractivity contribution in [2.75, 3.05) is 19.4 Å². The molecule has 10 heteroatoms. The third kappa shape index (κ3) is 3.02. The number of aromatic nitrogens is 3. The van der Waals surface area contributed by atoms with Crippen LogP contribution in [0.3, 0.4) is 0 Å². The Labute approximate surface area is 133 Å².